The number of carbonyl (C=O) groups is 1. The fraction of sp³-hybridized carbons (Fsp3) is 0.424. The summed E-state index contributed by atoms with van der Waals surface area (Å²) in [4.78, 5) is 35.3. The quantitative estimate of drug-likeness (QED) is 0.334. The molecule has 0 bridgehead atoms. The van der Waals surface area contributed by atoms with Crippen molar-refractivity contribution in [3.05, 3.63) is 96.2 Å². The Kier molecular flexibility index (Phi) is 8.69. The molecule has 2 aliphatic heterocycles. The van der Waals surface area contributed by atoms with Gasteiger partial charge in [0, 0.05) is 18.8 Å². The summed E-state index contributed by atoms with van der Waals surface area (Å²) in [5.74, 6) is -0.0247. The molecule has 0 spiro atoms. The van der Waals surface area contributed by atoms with Gasteiger partial charge in [-0.2, -0.15) is 0 Å². The first-order chi connectivity index (χ1) is 19.4. The molecule has 1 fully saturated rings. The standard InChI is InChI=1S/C33H39N3O3S/c1-5-10-27-29(32(38)39-6-2)30(25-15-13-24(14-16-25)22(3)4)36-31(37)28(40-33(36)34-27)21-23-11-17-26(18-12-23)35-19-8-7-9-20-35/h11-18,21-22,30H,5-10,19-20H2,1-4H3/b28-21+/t30-/m1/s1. The molecule has 0 unspecified atom stereocenters. The molecule has 3 aromatic rings. The number of benzene rings is 2. The number of hydrogen-bond donors (Lipinski definition) is 0. The van der Waals surface area contributed by atoms with Crippen LogP contribution in [0.15, 0.2) is 69.6 Å². The number of piperidine rings is 1. The molecule has 0 radical (unpaired) electrons. The smallest absolute Gasteiger partial charge is 0.338 e. The summed E-state index contributed by atoms with van der Waals surface area (Å²) < 4.78 is 7.80. The predicted octanol–water partition coefficient (Wildman–Crippen LogP) is 5.69. The van der Waals surface area contributed by atoms with Crippen molar-refractivity contribution >= 4 is 29.1 Å². The third kappa shape index (κ3) is 5.71. The third-order valence-electron chi connectivity index (χ3n) is 7.72. The maximum absolute atomic E-state index is 14.0. The lowest BCUT2D eigenvalue weighted by atomic mass is 9.92. The third-order valence-corrected chi connectivity index (χ3v) is 8.71. The number of anilines is 1. The summed E-state index contributed by atoms with van der Waals surface area (Å²) in [5, 5.41) is 0. The highest BCUT2D eigenvalue weighted by atomic mass is 32.1. The van der Waals surface area contributed by atoms with Gasteiger partial charge in [0.15, 0.2) is 4.80 Å². The number of fused-ring (bicyclic) bond motifs is 1. The van der Waals surface area contributed by atoms with Crippen LogP contribution in [-0.4, -0.2) is 30.2 Å². The second kappa shape index (κ2) is 12.4. The van der Waals surface area contributed by atoms with E-state index in [9.17, 15) is 9.59 Å². The molecule has 1 aromatic heterocycles. The van der Waals surface area contributed by atoms with Gasteiger partial charge in [-0.3, -0.25) is 9.36 Å². The van der Waals surface area contributed by atoms with E-state index in [1.807, 2.05) is 18.2 Å². The number of ether oxygens (including phenoxy) is 1. The zero-order chi connectivity index (χ0) is 28.2. The summed E-state index contributed by atoms with van der Waals surface area (Å²) in [6, 6.07) is 16.1. The van der Waals surface area contributed by atoms with Crippen LogP contribution in [0, 0.1) is 0 Å². The van der Waals surface area contributed by atoms with Gasteiger partial charge in [0.25, 0.3) is 5.56 Å². The minimum absolute atomic E-state index is 0.140. The molecule has 40 heavy (non-hydrogen) atoms. The van der Waals surface area contributed by atoms with Gasteiger partial charge in [-0.1, -0.05) is 74.9 Å². The number of nitrogens with zero attached hydrogens (tertiary/aromatic N) is 3. The van der Waals surface area contributed by atoms with Crippen molar-refractivity contribution in [2.75, 3.05) is 24.6 Å². The highest BCUT2D eigenvalue weighted by molar-refractivity contribution is 7.07. The van der Waals surface area contributed by atoms with E-state index in [1.54, 1.807) is 11.5 Å². The topological polar surface area (TPSA) is 63.9 Å². The molecule has 5 rings (SSSR count). The van der Waals surface area contributed by atoms with Gasteiger partial charge in [-0.05, 0) is 73.4 Å². The first kappa shape index (κ1) is 28.1. The maximum atomic E-state index is 14.0. The first-order valence-corrected chi connectivity index (χ1v) is 15.4. The lowest BCUT2D eigenvalue weighted by Crippen LogP contribution is -2.40. The Morgan fingerprint density at radius 3 is 2.38 bits per heavy atom. The van der Waals surface area contributed by atoms with Crippen LogP contribution in [0.25, 0.3) is 6.08 Å². The summed E-state index contributed by atoms with van der Waals surface area (Å²) in [7, 11) is 0. The van der Waals surface area contributed by atoms with Crippen molar-refractivity contribution in [1.82, 2.24) is 4.57 Å². The van der Waals surface area contributed by atoms with Gasteiger partial charge < -0.3 is 9.64 Å². The number of hydrogen-bond acceptors (Lipinski definition) is 6. The van der Waals surface area contributed by atoms with Crippen LogP contribution in [0.5, 0.6) is 0 Å². The molecule has 210 valence electrons. The summed E-state index contributed by atoms with van der Waals surface area (Å²) >= 11 is 1.38. The fourth-order valence-electron chi connectivity index (χ4n) is 5.58. The van der Waals surface area contributed by atoms with Crippen LogP contribution >= 0.6 is 11.3 Å². The average Bonchev–Trinajstić information content (AvgIpc) is 3.27. The van der Waals surface area contributed by atoms with E-state index in [0.29, 0.717) is 32.9 Å². The van der Waals surface area contributed by atoms with E-state index >= 15 is 0 Å². The summed E-state index contributed by atoms with van der Waals surface area (Å²) in [6.45, 7) is 10.6. The molecule has 7 heteroatoms. The molecule has 0 N–H and O–H groups in total. The molecule has 2 aromatic carbocycles. The Morgan fingerprint density at radius 1 is 1.05 bits per heavy atom. The molecule has 0 aliphatic carbocycles. The number of thiazole rings is 1. The number of allylic oxidation sites excluding steroid dienone is 1. The van der Waals surface area contributed by atoms with E-state index in [-0.39, 0.29) is 12.2 Å². The van der Waals surface area contributed by atoms with Crippen LogP contribution in [-0.2, 0) is 9.53 Å². The van der Waals surface area contributed by atoms with E-state index in [2.05, 4.69) is 62.1 Å². The van der Waals surface area contributed by atoms with Gasteiger partial charge in [-0.15, -0.1) is 0 Å². The van der Waals surface area contributed by atoms with E-state index < -0.39 is 12.0 Å². The SMILES string of the molecule is CCCC1=C(C(=O)OCC)[C@@H](c2ccc(C(C)C)cc2)n2c(s/c(=C/c3ccc(N4CCCCC4)cc3)c2=O)=N1. The molecule has 1 atom stereocenters. The Bertz CT molecular complexity index is 1560. The van der Waals surface area contributed by atoms with E-state index in [0.717, 1.165) is 30.6 Å². The Hall–Kier alpha value is -3.45. The predicted molar refractivity (Wildman–Crippen MR) is 163 cm³/mol. The highest BCUT2D eigenvalue weighted by Gasteiger charge is 2.34. The Labute approximate surface area is 240 Å². The zero-order valence-electron chi connectivity index (χ0n) is 24.0. The number of esters is 1. The van der Waals surface area contributed by atoms with Crippen LogP contribution in [0.4, 0.5) is 5.69 Å². The minimum Gasteiger partial charge on any atom is -0.463 e. The van der Waals surface area contributed by atoms with Crippen molar-refractivity contribution in [3.8, 4) is 0 Å². The highest BCUT2D eigenvalue weighted by Crippen LogP contribution is 2.33. The van der Waals surface area contributed by atoms with Crippen molar-refractivity contribution in [2.24, 2.45) is 4.99 Å². The molecule has 1 saturated heterocycles. The van der Waals surface area contributed by atoms with Crippen LogP contribution in [0.3, 0.4) is 0 Å². The van der Waals surface area contributed by atoms with Crippen molar-refractivity contribution in [1.29, 1.82) is 0 Å². The zero-order valence-corrected chi connectivity index (χ0v) is 24.8. The van der Waals surface area contributed by atoms with E-state index in [4.69, 9.17) is 9.73 Å². The van der Waals surface area contributed by atoms with Crippen LogP contribution in [0.1, 0.15) is 88.4 Å². The monoisotopic (exact) mass is 557 g/mol. The normalized spacial score (nSPS) is 17.7. The van der Waals surface area contributed by atoms with Gasteiger partial charge >= 0.3 is 5.97 Å². The molecule has 6 nitrogen and oxygen atoms in total. The molecule has 0 saturated carbocycles. The number of carbonyl (C=O) groups excluding carboxylic acids is 1. The van der Waals surface area contributed by atoms with Crippen molar-refractivity contribution < 1.29 is 9.53 Å². The summed E-state index contributed by atoms with van der Waals surface area (Å²) in [6.07, 6.45) is 7.18. The Balaban J connectivity index is 1.61. The lowest BCUT2D eigenvalue weighted by molar-refractivity contribution is -0.139. The number of rotatable bonds is 8. The van der Waals surface area contributed by atoms with Crippen molar-refractivity contribution in [2.45, 2.75) is 71.8 Å². The molecule has 3 heterocycles. The first-order valence-electron chi connectivity index (χ1n) is 14.6. The Morgan fingerprint density at radius 2 is 1.75 bits per heavy atom. The molecule has 0 amide bonds. The maximum Gasteiger partial charge on any atom is 0.338 e. The number of aromatic nitrogens is 1. The van der Waals surface area contributed by atoms with Crippen LogP contribution in [0.2, 0.25) is 0 Å². The average molecular weight is 558 g/mol. The summed E-state index contributed by atoms with van der Waals surface area (Å²) in [5.41, 5.74) is 5.32. The van der Waals surface area contributed by atoms with Gasteiger partial charge in [0.2, 0.25) is 0 Å². The molecular formula is C33H39N3O3S. The lowest BCUT2D eigenvalue weighted by Gasteiger charge is -2.28. The van der Waals surface area contributed by atoms with Gasteiger partial charge in [0.1, 0.15) is 0 Å². The fourth-order valence-corrected chi connectivity index (χ4v) is 6.60. The molecule has 2 aliphatic rings. The second-order valence-corrected chi connectivity index (χ2v) is 11.9. The van der Waals surface area contributed by atoms with Crippen LogP contribution < -0.4 is 19.8 Å². The molecular weight excluding hydrogens is 518 g/mol. The second-order valence-electron chi connectivity index (χ2n) is 10.9. The van der Waals surface area contributed by atoms with Gasteiger partial charge in [0.05, 0.1) is 28.5 Å². The minimum atomic E-state index is -0.582. The van der Waals surface area contributed by atoms with E-state index in [1.165, 1.54) is 41.9 Å². The van der Waals surface area contributed by atoms with Gasteiger partial charge in [-0.25, -0.2) is 9.79 Å². The largest absolute Gasteiger partial charge is 0.463 e. The van der Waals surface area contributed by atoms with Crippen molar-refractivity contribution in [3.63, 3.8) is 0 Å².